The van der Waals surface area contributed by atoms with E-state index in [1.807, 2.05) is 30.3 Å². The summed E-state index contributed by atoms with van der Waals surface area (Å²) in [7, 11) is 0. The largest absolute Gasteiger partial charge is 0.360 e. The summed E-state index contributed by atoms with van der Waals surface area (Å²) >= 11 is 0. The maximum absolute atomic E-state index is 12.9. The smallest absolute Gasteiger partial charge is 0.257 e. The second-order valence-corrected chi connectivity index (χ2v) is 7.43. The van der Waals surface area contributed by atoms with Gasteiger partial charge in [-0.2, -0.15) is 0 Å². The topological polar surface area (TPSA) is 55.1 Å². The van der Waals surface area contributed by atoms with Crippen molar-refractivity contribution in [3.05, 3.63) is 41.7 Å². The van der Waals surface area contributed by atoms with Crippen molar-refractivity contribution in [1.29, 1.82) is 0 Å². The molecule has 2 fully saturated rings. The maximum Gasteiger partial charge on any atom is 0.257 e. The van der Waals surface area contributed by atoms with Crippen LogP contribution in [0.25, 0.3) is 11.3 Å². The first-order chi connectivity index (χ1) is 11.6. The second-order valence-electron chi connectivity index (χ2n) is 7.43. The minimum absolute atomic E-state index is 0.0668. The normalized spacial score (nSPS) is 26.5. The van der Waals surface area contributed by atoms with Gasteiger partial charge in [-0.3, -0.25) is 4.79 Å². The van der Waals surface area contributed by atoms with E-state index < -0.39 is 0 Å². The summed E-state index contributed by atoms with van der Waals surface area (Å²) in [4.78, 5) is 12.9. The van der Waals surface area contributed by atoms with Gasteiger partial charge in [0.05, 0.1) is 0 Å². The highest BCUT2D eigenvalue weighted by Gasteiger charge is 2.42. The summed E-state index contributed by atoms with van der Waals surface area (Å²) in [6.45, 7) is 3.95. The quantitative estimate of drug-likeness (QED) is 0.917. The highest BCUT2D eigenvalue weighted by atomic mass is 16.5. The zero-order valence-corrected chi connectivity index (χ0v) is 14.3. The molecular weight excluding hydrogens is 300 g/mol. The molecule has 2 aliphatic rings. The molecule has 126 valence electrons. The molecule has 4 atom stereocenters. The molecule has 2 aromatic rings. The van der Waals surface area contributed by atoms with Crippen molar-refractivity contribution in [2.45, 2.75) is 45.6 Å². The Morgan fingerprint density at radius 3 is 2.71 bits per heavy atom. The number of hydrogen-bond acceptors (Lipinski definition) is 3. The fraction of sp³-hybridized carbons (Fsp3) is 0.500. The number of carbonyl (C=O) groups excluding carboxylic acids is 1. The van der Waals surface area contributed by atoms with Crippen LogP contribution in [0.1, 0.15) is 48.7 Å². The van der Waals surface area contributed by atoms with E-state index >= 15 is 0 Å². The third-order valence-electron chi connectivity index (χ3n) is 5.93. The van der Waals surface area contributed by atoms with Gasteiger partial charge in [-0.1, -0.05) is 41.9 Å². The van der Waals surface area contributed by atoms with Gasteiger partial charge in [0, 0.05) is 11.6 Å². The molecule has 0 unspecified atom stereocenters. The maximum atomic E-state index is 12.9. The van der Waals surface area contributed by atoms with E-state index in [0.29, 0.717) is 22.9 Å². The highest BCUT2D eigenvalue weighted by Crippen LogP contribution is 2.49. The fourth-order valence-corrected chi connectivity index (χ4v) is 4.72. The van der Waals surface area contributed by atoms with Crippen LogP contribution in [0.5, 0.6) is 0 Å². The molecule has 0 saturated heterocycles. The lowest BCUT2D eigenvalue weighted by Crippen LogP contribution is -2.40. The van der Waals surface area contributed by atoms with Crippen molar-refractivity contribution in [3.63, 3.8) is 0 Å². The van der Waals surface area contributed by atoms with Crippen LogP contribution in [0.4, 0.5) is 0 Å². The standard InChI is InChI=1S/C20H24N2O2/c1-12(17-11-14-8-9-16(17)10-14)21-20(23)18-13(2)24-22-19(18)15-6-4-3-5-7-15/h3-7,12,14,16-17H,8-11H2,1-2H3,(H,21,23)/t12-,14-,16-,17-/m0/s1. The lowest BCUT2D eigenvalue weighted by Gasteiger charge is -2.28. The molecular formula is C20H24N2O2. The van der Waals surface area contributed by atoms with E-state index in [9.17, 15) is 4.79 Å². The van der Waals surface area contributed by atoms with Crippen LogP contribution < -0.4 is 5.32 Å². The molecule has 1 amide bonds. The molecule has 0 aliphatic heterocycles. The minimum Gasteiger partial charge on any atom is -0.360 e. The molecule has 24 heavy (non-hydrogen) atoms. The Bertz CT molecular complexity index is 737. The Hall–Kier alpha value is -2.10. The average Bonchev–Trinajstić information content (AvgIpc) is 3.30. The third-order valence-corrected chi connectivity index (χ3v) is 5.93. The van der Waals surface area contributed by atoms with E-state index in [4.69, 9.17) is 4.52 Å². The molecule has 4 rings (SSSR count). The van der Waals surface area contributed by atoms with Gasteiger partial charge in [-0.05, 0) is 50.9 Å². The minimum atomic E-state index is -0.0668. The van der Waals surface area contributed by atoms with Crippen molar-refractivity contribution in [1.82, 2.24) is 10.5 Å². The van der Waals surface area contributed by atoms with Crippen molar-refractivity contribution in [2.24, 2.45) is 17.8 Å². The van der Waals surface area contributed by atoms with Gasteiger partial charge in [0.2, 0.25) is 0 Å². The number of fused-ring (bicyclic) bond motifs is 2. The first-order valence-electron chi connectivity index (χ1n) is 8.96. The third kappa shape index (κ3) is 2.64. The van der Waals surface area contributed by atoms with Crippen LogP contribution >= 0.6 is 0 Å². The molecule has 1 heterocycles. The number of hydrogen-bond donors (Lipinski definition) is 1. The Morgan fingerprint density at radius 1 is 1.25 bits per heavy atom. The Kier molecular flexibility index (Phi) is 3.91. The van der Waals surface area contributed by atoms with Crippen molar-refractivity contribution >= 4 is 5.91 Å². The Balaban J connectivity index is 1.54. The Morgan fingerprint density at radius 2 is 2.04 bits per heavy atom. The van der Waals surface area contributed by atoms with Crippen molar-refractivity contribution in [3.8, 4) is 11.3 Å². The van der Waals surface area contributed by atoms with Crippen molar-refractivity contribution in [2.75, 3.05) is 0 Å². The van der Waals surface area contributed by atoms with Crippen molar-refractivity contribution < 1.29 is 9.32 Å². The number of aryl methyl sites for hydroxylation is 1. The van der Waals surface area contributed by atoms with Gasteiger partial charge in [-0.25, -0.2) is 0 Å². The van der Waals surface area contributed by atoms with Crippen LogP contribution in [-0.2, 0) is 0 Å². The van der Waals surface area contributed by atoms with Gasteiger partial charge in [0.25, 0.3) is 5.91 Å². The second kappa shape index (κ2) is 6.08. The summed E-state index contributed by atoms with van der Waals surface area (Å²) in [5.41, 5.74) is 2.11. The molecule has 2 aliphatic carbocycles. The van der Waals surface area contributed by atoms with Crippen LogP contribution in [0.15, 0.2) is 34.9 Å². The number of benzene rings is 1. The van der Waals surface area contributed by atoms with Crippen LogP contribution in [0.3, 0.4) is 0 Å². The number of amides is 1. The summed E-state index contributed by atoms with van der Waals surface area (Å²) in [6.07, 6.45) is 5.33. The zero-order valence-electron chi connectivity index (χ0n) is 14.3. The van der Waals surface area contributed by atoms with E-state index in [-0.39, 0.29) is 11.9 Å². The zero-order chi connectivity index (χ0) is 16.7. The number of aromatic nitrogens is 1. The predicted octanol–water partition coefficient (Wildman–Crippen LogP) is 4.20. The van der Waals surface area contributed by atoms with Crippen LogP contribution in [0, 0.1) is 24.7 Å². The first kappa shape index (κ1) is 15.4. The molecule has 1 aromatic carbocycles. The average molecular weight is 324 g/mol. The Labute approximate surface area is 142 Å². The molecule has 4 nitrogen and oxygen atoms in total. The van der Waals surface area contributed by atoms with E-state index in [2.05, 4.69) is 17.4 Å². The predicted molar refractivity (Wildman–Crippen MR) is 92.5 cm³/mol. The van der Waals surface area contributed by atoms with Gasteiger partial charge in [0.1, 0.15) is 17.0 Å². The van der Waals surface area contributed by atoms with E-state index in [1.54, 1.807) is 6.92 Å². The lowest BCUT2D eigenvalue weighted by atomic mass is 9.84. The lowest BCUT2D eigenvalue weighted by molar-refractivity contribution is 0.0914. The summed E-state index contributed by atoms with van der Waals surface area (Å²) in [6, 6.07) is 9.94. The van der Waals surface area contributed by atoms with Gasteiger partial charge < -0.3 is 9.84 Å². The SMILES string of the molecule is Cc1onc(-c2ccccc2)c1C(=O)N[C@@H](C)[C@@H]1C[C@H]2CC[C@H]1C2. The molecule has 1 N–H and O–H groups in total. The molecule has 2 bridgehead atoms. The molecule has 0 spiro atoms. The van der Waals surface area contributed by atoms with Gasteiger partial charge >= 0.3 is 0 Å². The van der Waals surface area contributed by atoms with Crippen LogP contribution in [0.2, 0.25) is 0 Å². The van der Waals surface area contributed by atoms with Gasteiger partial charge in [-0.15, -0.1) is 0 Å². The summed E-state index contributed by atoms with van der Waals surface area (Å²) in [5.74, 6) is 2.81. The van der Waals surface area contributed by atoms with E-state index in [1.165, 1.54) is 25.7 Å². The number of nitrogens with one attached hydrogen (secondary N) is 1. The first-order valence-corrected chi connectivity index (χ1v) is 8.96. The summed E-state index contributed by atoms with van der Waals surface area (Å²) in [5, 5.41) is 7.34. The summed E-state index contributed by atoms with van der Waals surface area (Å²) < 4.78 is 5.32. The molecule has 0 radical (unpaired) electrons. The van der Waals surface area contributed by atoms with Crippen LogP contribution in [-0.4, -0.2) is 17.1 Å². The van der Waals surface area contributed by atoms with E-state index in [0.717, 1.165) is 17.4 Å². The number of nitrogens with zero attached hydrogens (tertiary/aromatic N) is 1. The fourth-order valence-electron chi connectivity index (χ4n) is 4.72. The monoisotopic (exact) mass is 324 g/mol. The number of rotatable bonds is 4. The highest BCUT2D eigenvalue weighted by molar-refractivity contribution is 6.00. The molecule has 2 saturated carbocycles. The molecule has 4 heteroatoms. The molecule has 1 aromatic heterocycles. The van der Waals surface area contributed by atoms with Gasteiger partial charge in [0.15, 0.2) is 0 Å². The number of carbonyl (C=O) groups is 1.